The topological polar surface area (TPSA) is 0 Å². The molecule has 0 nitrogen and oxygen atoms in total. The standard InChI is InChI=1S/C13H15Cl/c1-13(2,3)12-7-5-9-4-6-10(14)8-11(9)12/h4,6-8H,5H2,1-3H3. The summed E-state index contributed by atoms with van der Waals surface area (Å²) in [5, 5.41) is 0.834. The summed E-state index contributed by atoms with van der Waals surface area (Å²) in [4.78, 5) is 0. The van der Waals surface area contributed by atoms with Crippen LogP contribution < -0.4 is 0 Å². The first-order valence-corrected chi connectivity index (χ1v) is 5.36. The fourth-order valence-corrected chi connectivity index (χ4v) is 2.18. The van der Waals surface area contributed by atoms with Crippen LogP contribution in [0.15, 0.2) is 24.3 Å². The second kappa shape index (κ2) is 3.13. The summed E-state index contributed by atoms with van der Waals surface area (Å²) in [7, 11) is 0. The van der Waals surface area contributed by atoms with Crippen LogP contribution in [0.1, 0.15) is 31.9 Å². The molecule has 1 aliphatic carbocycles. The van der Waals surface area contributed by atoms with E-state index >= 15 is 0 Å². The van der Waals surface area contributed by atoms with Gasteiger partial charge in [-0.1, -0.05) is 44.5 Å². The summed E-state index contributed by atoms with van der Waals surface area (Å²) in [6, 6.07) is 6.19. The molecule has 1 aromatic rings. The molecule has 1 aromatic carbocycles. The molecule has 0 radical (unpaired) electrons. The number of benzene rings is 1. The van der Waals surface area contributed by atoms with E-state index < -0.39 is 0 Å². The van der Waals surface area contributed by atoms with Gasteiger partial charge in [0.25, 0.3) is 0 Å². The number of rotatable bonds is 0. The third-order valence-corrected chi connectivity index (χ3v) is 2.93. The maximum atomic E-state index is 6.01. The van der Waals surface area contributed by atoms with Crippen LogP contribution in [0.4, 0.5) is 0 Å². The molecule has 0 N–H and O–H groups in total. The van der Waals surface area contributed by atoms with Crippen LogP contribution in [0.5, 0.6) is 0 Å². The number of hydrogen-bond donors (Lipinski definition) is 0. The highest BCUT2D eigenvalue weighted by Crippen LogP contribution is 2.40. The van der Waals surface area contributed by atoms with Crippen molar-refractivity contribution in [3.63, 3.8) is 0 Å². The summed E-state index contributed by atoms with van der Waals surface area (Å²) < 4.78 is 0. The SMILES string of the molecule is CC(C)(C)C1=CCc2ccc(Cl)cc21. The quantitative estimate of drug-likeness (QED) is 0.593. The fraction of sp³-hybridized carbons (Fsp3) is 0.385. The fourth-order valence-electron chi connectivity index (χ4n) is 2.01. The molecule has 1 aliphatic rings. The Hall–Kier alpha value is -0.750. The maximum absolute atomic E-state index is 6.01. The van der Waals surface area contributed by atoms with Gasteiger partial charge in [0, 0.05) is 5.02 Å². The third kappa shape index (κ3) is 1.59. The molecule has 74 valence electrons. The van der Waals surface area contributed by atoms with Gasteiger partial charge in [-0.25, -0.2) is 0 Å². The minimum absolute atomic E-state index is 0.218. The Morgan fingerprint density at radius 1 is 1.21 bits per heavy atom. The summed E-state index contributed by atoms with van der Waals surface area (Å²) >= 11 is 6.01. The molecular formula is C13H15Cl. The van der Waals surface area contributed by atoms with Gasteiger partial charge in [0.1, 0.15) is 0 Å². The Morgan fingerprint density at radius 3 is 2.57 bits per heavy atom. The van der Waals surface area contributed by atoms with Crippen molar-refractivity contribution in [1.82, 2.24) is 0 Å². The maximum Gasteiger partial charge on any atom is 0.0412 e. The average Bonchev–Trinajstić information content (AvgIpc) is 2.45. The van der Waals surface area contributed by atoms with Crippen molar-refractivity contribution in [2.75, 3.05) is 0 Å². The Morgan fingerprint density at radius 2 is 1.93 bits per heavy atom. The lowest BCUT2D eigenvalue weighted by Crippen LogP contribution is -2.06. The molecule has 0 aliphatic heterocycles. The molecule has 0 fully saturated rings. The van der Waals surface area contributed by atoms with E-state index in [4.69, 9.17) is 11.6 Å². The van der Waals surface area contributed by atoms with Gasteiger partial charge in [-0.15, -0.1) is 0 Å². The summed E-state index contributed by atoms with van der Waals surface area (Å²) in [6.07, 6.45) is 3.38. The van der Waals surface area contributed by atoms with Crippen LogP contribution in [0.3, 0.4) is 0 Å². The van der Waals surface area contributed by atoms with Gasteiger partial charge in [-0.2, -0.15) is 0 Å². The van der Waals surface area contributed by atoms with E-state index in [-0.39, 0.29) is 5.41 Å². The van der Waals surface area contributed by atoms with Crippen molar-refractivity contribution in [3.8, 4) is 0 Å². The Kier molecular flexibility index (Phi) is 2.19. The van der Waals surface area contributed by atoms with Crippen molar-refractivity contribution >= 4 is 17.2 Å². The minimum atomic E-state index is 0.218. The van der Waals surface area contributed by atoms with Gasteiger partial charge in [0.15, 0.2) is 0 Å². The molecule has 0 bridgehead atoms. The van der Waals surface area contributed by atoms with Gasteiger partial charge in [-0.3, -0.25) is 0 Å². The van der Waals surface area contributed by atoms with Gasteiger partial charge < -0.3 is 0 Å². The minimum Gasteiger partial charge on any atom is -0.0843 e. The van der Waals surface area contributed by atoms with Crippen LogP contribution in [0, 0.1) is 5.41 Å². The van der Waals surface area contributed by atoms with Crippen LogP contribution in [0.2, 0.25) is 5.02 Å². The number of halogens is 1. The van der Waals surface area contributed by atoms with E-state index in [2.05, 4.69) is 39.0 Å². The van der Waals surface area contributed by atoms with Crippen molar-refractivity contribution in [2.45, 2.75) is 27.2 Å². The molecule has 1 heteroatoms. The zero-order valence-electron chi connectivity index (χ0n) is 8.89. The monoisotopic (exact) mass is 206 g/mol. The van der Waals surface area contributed by atoms with E-state index in [0.717, 1.165) is 11.4 Å². The summed E-state index contributed by atoms with van der Waals surface area (Å²) in [5.74, 6) is 0. The van der Waals surface area contributed by atoms with Crippen molar-refractivity contribution in [1.29, 1.82) is 0 Å². The second-order valence-corrected chi connectivity index (χ2v) is 5.31. The van der Waals surface area contributed by atoms with Gasteiger partial charge in [-0.05, 0) is 40.7 Å². The van der Waals surface area contributed by atoms with E-state index in [0.29, 0.717) is 0 Å². The Balaban J connectivity index is 2.51. The van der Waals surface area contributed by atoms with E-state index in [1.54, 1.807) is 0 Å². The first kappa shape index (κ1) is 9.79. The molecule has 0 amide bonds. The zero-order valence-corrected chi connectivity index (χ0v) is 9.65. The molecule has 14 heavy (non-hydrogen) atoms. The van der Waals surface area contributed by atoms with Crippen molar-refractivity contribution in [3.05, 3.63) is 40.4 Å². The first-order valence-electron chi connectivity index (χ1n) is 4.98. The molecule has 0 heterocycles. The van der Waals surface area contributed by atoms with Crippen molar-refractivity contribution < 1.29 is 0 Å². The van der Waals surface area contributed by atoms with Crippen LogP contribution in [0.25, 0.3) is 5.57 Å². The molecule has 0 saturated heterocycles. The van der Waals surface area contributed by atoms with Crippen LogP contribution in [-0.2, 0) is 6.42 Å². The van der Waals surface area contributed by atoms with E-state index in [9.17, 15) is 0 Å². The molecule has 2 rings (SSSR count). The number of hydrogen-bond acceptors (Lipinski definition) is 0. The molecule has 0 spiro atoms. The van der Waals surface area contributed by atoms with Crippen molar-refractivity contribution in [2.24, 2.45) is 5.41 Å². The molecule has 0 aromatic heterocycles. The highest BCUT2D eigenvalue weighted by molar-refractivity contribution is 6.30. The Labute approximate surface area is 90.6 Å². The van der Waals surface area contributed by atoms with E-state index in [1.165, 1.54) is 16.7 Å². The highest BCUT2D eigenvalue weighted by Gasteiger charge is 2.24. The average molecular weight is 207 g/mol. The smallest absolute Gasteiger partial charge is 0.0412 e. The highest BCUT2D eigenvalue weighted by atomic mass is 35.5. The van der Waals surface area contributed by atoms with E-state index in [1.807, 2.05) is 6.07 Å². The largest absolute Gasteiger partial charge is 0.0843 e. The predicted octanol–water partition coefficient (Wildman–Crippen LogP) is 4.33. The van der Waals surface area contributed by atoms with Gasteiger partial charge in [0.2, 0.25) is 0 Å². The Bertz CT molecular complexity index is 394. The zero-order chi connectivity index (χ0) is 10.3. The predicted molar refractivity (Wildman–Crippen MR) is 62.6 cm³/mol. The molecule has 0 unspecified atom stereocenters. The normalized spacial score (nSPS) is 15.3. The number of fused-ring (bicyclic) bond motifs is 1. The van der Waals surface area contributed by atoms with Gasteiger partial charge in [0.05, 0.1) is 0 Å². The first-order chi connectivity index (χ1) is 6.48. The number of allylic oxidation sites excluding steroid dienone is 2. The van der Waals surface area contributed by atoms with Crippen LogP contribution >= 0.6 is 11.6 Å². The van der Waals surface area contributed by atoms with Crippen LogP contribution in [-0.4, -0.2) is 0 Å². The lowest BCUT2D eigenvalue weighted by atomic mass is 9.83. The lowest BCUT2D eigenvalue weighted by Gasteiger charge is -2.21. The molecule has 0 atom stereocenters. The second-order valence-electron chi connectivity index (χ2n) is 4.87. The molecule has 0 saturated carbocycles. The summed E-state index contributed by atoms with van der Waals surface area (Å²) in [6.45, 7) is 6.73. The third-order valence-electron chi connectivity index (χ3n) is 2.70. The van der Waals surface area contributed by atoms with Gasteiger partial charge >= 0.3 is 0 Å². The molecular weight excluding hydrogens is 192 g/mol. The summed E-state index contributed by atoms with van der Waals surface area (Å²) in [5.41, 5.74) is 4.38. The lowest BCUT2D eigenvalue weighted by molar-refractivity contribution is 0.567.